The monoisotopic (exact) mass is 261 g/mol. The molecule has 1 N–H and O–H groups in total. The molecule has 2 aromatic rings. The number of nitrogens with zero attached hydrogens (tertiary/aromatic N) is 2. The summed E-state index contributed by atoms with van der Waals surface area (Å²) in [5.74, 6) is 1.27. The number of ether oxygens (including phenoxy) is 1. The lowest BCUT2D eigenvalue weighted by atomic mass is 10.1. The Hall–Kier alpha value is -1.88. The number of rotatable bonds is 4. The van der Waals surface area contributed by atoms with Gasteiger partial charge in [-0.05, 0) is 19.1 Å². The average molecular weight is 261 g/mol. The van der Waals surface area contributed by atoms with E-state index in [0.29, 0.717) is 5.75 Å². The van der Waals surface area contributed by atoms with E-state index in [9.17, 15) is 4.39 Å². The van der Waals surface area contributed by atoms with E-state index < -0.39 is 0 Å². The third-order valence-electron chi connectivity index (χ3n) is 3.17. The van der Waals surface area contributed by atoms with Gasteiger partial charge in [-0.25, -0.2) is 9.37 Å². The largest absolute Gasteiger partial charge is 0.488 e. The predicted octanol–water partition coefficient (Wildman–Crippen LogP) is 2.12. The molecule has 1 aromatic heterocycles. The number of benzene rings is 1. The Morgan fingerprint density at radius 1 is 1.47 bits per heavy atom. The molecule has 1 aromatic carbocycles. The molecule has 0 radical (unpaired) electrons. The number of aryl methyl sites for hydroxylation is 1. The molecule has 0 amide bonds. The molecular weight excluding hydrogens is 245 g/mol. The van der Waals surface area contributed by atoms with Gasteiger partial charge in [0.2, 0.25) is 0 Å². The van der Waals surface area contributed by atoms with Crippen molar-refractivity contribution in [2.75, 3.05) is 13.1 Å². The van der Waals surface area contributed by atoms with Crippen LogP contribution in [0.5, 0.6) is 5.75 Å². The van der Waals surface area contributed by atoms with Crippen LogP contribution in [0, 0.1) is 12.7 Å². The normalized spacial score (nSPS) is 16.3. The van der Waals surface area contributed by atoms with Crippen LogP contribution in [0.2, 0.25) is 0 Å². The van der Waals surface area contributed by atoms with Gasteiger partial charge >= 0.3 is 0 Å². The van der Waals surface area contributed by atoms with Gasteiger partial charge in [-0.3, -0.25) is 4.90 Å². The van der Waals surface area contributed by atoms with Crippen LogP contribution in [0.25, 0.3) is 0 Å². The van der Waals surface area contributed by atoms with Crippen molar-refractivity contribution in [2.24, 2.45) is 0 Å². The Kier molecular flexibility index (Phi) is 3.21. The summed E-state index contributed by atoms with van der Waals surface area (Å²) in [4.78, 5) is 9.63. The second-order valence-electron chi connectivity index (χ2n) is 4.89. The molecule has 0 aliphatic carbocycles. The Balaban J connectivity index is 1.48. The van der Waals surface area contributed by atoms with Gasteiger partial charge in [0.25, 0.3) is 0 Å². The molecule has 1 fully saturated rings. The standard InChI is InChI=1S/C14H16FN3O/c1-10-16-6-12(17-10)7-18-8-14(9-18)19-13-4-2-3-11(15)5-13/h2-6,14H,7-9H2,1H3,(H,16,17). The van der Waals surface area contributed by atoms with Gasteiger partial charge in [0, 0.05) is 37.6 Å². The fourth-order valence-electron chi connectivity index (χ4n) is 2.25. The number of aromatic nitrogens is 2. The summed E-state index contributed by atoms with van der Waals surface area (Å²) in [6.07, 6.45) is 2.00. The number of likely N-dealkylation sites (tertiary alicyclic amines) is 1. The topological polar surface area (TPSA) is 41.2 Å². The van der Waals surface area contributed by atoms with Crippen molar-refractivity contribution in [1.82, 2.24) is 14.9 Å². The first-order chi connectivity index (χ1) is 9.19. The molecule has 0 spiro atoms. The SMILES string of the molecule is Cc1ncc(CN2CC(Oc3cccc(F)c3)C2)[nH]1. The summed E-state index contributed by atoms with van der Waals surface area (Å²) in [6.45, 7) is 4.50. The van der Waals surface area contributed by atoms with Crippen LogP contribution in [0.1, 0.15) is 11.5 Å². The second-order valence-corrected chi connectivity index (χ2v) is 4.89. The minimum atomic E-state index is -0.262. The zero-order valence-electron chi connectivity index (χ0n) is 10.8. The van der Waals surface area contributed by atoms with E-state index in [1.54, 1.807) is 12.1 Å². The molecule has 3 rings (SSSR count). The Morgan fingerprint density at radius 3 is 3.00 bits per heavy atom. The van der Waals surface area contributed by atoms with E-state index in [4.69, 9.17) is 4.74 Å². The summed E-state index contributed by atoms with van der Waals surface area (Å²) in [5.41, 5.74) is 1.11. The van der Waals surface area contributed by atoms with Crippen molar-refractivity contribution in [1.29, 1.82) is 0 Å². The first-order valence-electron chi connectivity index (χ1n) is 6.34. The Morgan fingerprint density at radius 2 is 2.32 bits per heavy atom. The highest BCUT2D eigenvalue weighted by molar-refractivity contribution is 5.23. The number of hydrogen-bond donors (Lipinski definition) is 1. The van der Waals surface area contributed by atoms with Crippen molar-refractivity contribution in [3.63, 3.8) is 0 Å². The van der Waals surface area contributed by atoms with Crippen LogP contribution in [-0.2, 0) is 6.54 Å². The molecular formula is C14H16FN3O. The number of halogens is 1. The number of hydrogen-bond acceptors (Lipinski definition) is 3. The van der Waals surface area contributed by atoms with Gasteiger partial charge in [-0.2, -0.15) is 0 Å². The first-order valence-corrected chi connectivity index (χ1v) is 6.34. The number of nitrogens with one attached hydrogen (secondary N) is 1. The van der Waals surface area contributed by atoms with Gasteiger partial charge in [0.15, 0.2) is 0 Å². The number of aromatic amines is 1. The second kappa shape index (κ2) is 5.01. The van der Waals surface area contributed by atoms with E-state index in [1.165, 1.54) is 12.1 Å². The van der Waals surface area contributed by atoms with Crippen molar-refractivity contribution in [3.8, 4) is 5.75 Å². The molecule has 0 atom stereocenters. The van der Waals surface area contributed by atoms with Gasteiger partial charge in [-0.15, -0.1) is 0 Å². The van der Waals surface area contributed by atoms with Crippen LogP contribution >= 0.6 is 0 Å². The average Bonchev–Trinajstić information content (AvgIpc) is 2.72. The molecule has 4 nitrogen and oxygen atoms in total. The molecule has 0 unspecified atom stereocenters. The quantitative estimate of drug-likeness (QED) is 0.916. The van der Waals surface area contributed by atoms with Crippen LogP contribution in [0.15, 0.2) is 30.5 Å². The maximum absolute atomic E-state index is 13.0. The first kappa shape index (κ1) is 12.2. The lowest BCUT2D eigenvalue weighted by molar-refractivity contribution is 0.0137. The molecule has 0 saturated carbocycles. The highest BCUT2D eigenvalue weighted by Gasteiger charge is 2.28. The fraction of sp³-hybridized carbons (Fsp3) is 0.357. The maximum Gasteiger partial charge on any atom is 0.126 e. The lowest BCUT2D eigenvalue weighted by Crippen LogP contribution is -2.53. The maximum atomic E-state index is 13.0. The van der Waals surface area contributed by atoms with Crippen LogP contribution < -0.4 is 4.74 Å². The van der Waals surface area contributed by atoms with E-state index in [0.717, 1.165) is 31.2 Å². The third kappa shape index (κ3) is 2.93. The summed E-state index contributed by atoms with van der Waals surface area (Å²) in [6, 6.07) is 6.28. The van der Waals surface area contributed by atoms with Crippen molar-refractivity contribution < 1.29 is 9.13 Å². The molecule has 1 saturated heterocycles. The number of imidazole rings is 1. The van der Waals surface area contributed by atoms with Crippen molar-refractivity contribution in [2.45, 2.75) is 19.6 Å². The van der Waals surface area contributed by atoms with E-state index in [1.807, 2.05) is 13.1 Å². The lowest BCUT2D eigenvalue weighted by Gasteiger charge is -2.38. The van der Waals surface area contributed by atoms with Gasteiger partial charge in [-0.1, -0.05) is 6.07 Å². The van der Waals surface area contributed by atoms with Crippen LogP contribution in [0.4, 0.5) is 4.39 Å². The molecule has 19 heavy (non-hydrogen) atoms. The third-order valence-corrected chi connectivity index (χ3v) is 3.17. The summed E-state index contributed by atoms with van der Waals surface area (Å²) >= 11 is 0. The fourth-order valence-corrected chi connectivity index (χ4v) is 2.25. The van der Waals surface area contributed by atoms with E-state index >= 15 is 0 Å². The predicted molar refractivity (Wildman–Crippen MR) is 69.4 cm³/mol. The number of H-pyrrole nitrogens is 1. The molecule has 2 heterocycles. The van der Waals surface area contributed by atoms with E-state index in [-0.39, 0.29) is 11.9 Å². The highest BCUT2D eigenvalue weighted by atomic mass is 19.1. The minimum Gasteiger partial charge on any atom is -0.488 e. The van der Waals surface area contributed by atoms with Crippen molar-refractivity contribution in [3.05, 3.63) is 47.8 Å². The van der Waals surface area contributed by atoms with Gasteiger partial charge in [0.05, 0.1) is 0 Å². The summed E-state index contributed by atoms with van der Waals surface area (Å²) in [7, 11) is 0. The van der Waals surface area contributed by atoms with Crippen molar-refractivity contribution >= 4 is 0 Å². The van der Waals surface area contributed by atoms with Crippen LogP contribution in [0.3, 0.4) is 0 Å². The molecule has 0 bridgehead atoms. The summed E-state index contributed by atoms with van der Waals surface area (Å²) < 4.78 is 18.7. The van der Waals surface area contributed by atoms with Crippen LogP contribution in [-0.4, -0.2) is 34.1 Å². The molecule has 1 aliphatic rings. The Labute approximate surface area is 111 Å². The molecule has 1 aliphatic heterocycles. The molecule has 100 valence electrons. The molecule has 5 heteroatoms. The van der Waals surface area contributed by atoms with Gasteiger partial charge in [0.1, 0.15) is 23.5 Å². The van der Waals surface area contributed by atoms with Gasteiger partial charge < -0.3 is 9.72 Å². The van der Waals surface area contributed by atoms with E-state index in [2.05, 4.69) is 14.9 Å². The smallest absolute Gasteiger partial charge is 0.126 e. The highest BCUT2D eigenvalue weighted by Crippen LogP contribution is 2.20. The summed E-state index contributed by atoms with van der Waals surface area (Å²) in [5, 5.41) is 0. The zero-order chi connectivity index (χ0) is 13.2. The Bertz CT molecular complexity index is 563. The minimum absolute atomic E-state index is 0.144. The zero-order valence-corrected chi connectivity index (χ0v) is 10.8.